The molecule has 0 saturated carbocycles. The summed E-state index contributed by atoms with van der Waals surface area (Å²) in [5, 5.41) is 11.0. The van der Waals surface area contributed by atoms with E-state index in [0.717, 1.165) is 22.4 Å². The third kappa shape index (κ3) is 3.92. The fourth-order valence-corrected chi connectivity index (χ4v) is 3.83. The number of hydrogen-bond donors (Lipinski definition) is 0. The molecule has 0 aliphatic heterocycles. The Hall–Kier alpha value is -4.52. The van der Waals surface area contributed by atoms with Crippen molar-refractivity contribution in [2.24, 2.45) is 0 Å². The Morgan fingerprint density at radius 3 is 2.39 bits per heavy atom. The molecule has 0 N–H and O–H groups in total. The van der Waals surface area contributed by atoms with E-state index >= 15 is 0 Å². The molecule has 0 saturated heterocycles. The normalized spacial score (nSPS) is 11.1. The van der Waals surface area contributed by atoms with E-state index in [-0.39, 0.29) is 11.5 Å². The van der Waals surface area contributed by atoms with E-state index in [1.54, 1.807) is 30.3 Å². The van der Waals surface area contributed by atoms with E-state index < -0.39 is 4.92 Å². The first-order valence-corrected chi connectivity index (χ1v) is 10.4. The van der Waals surface area contributed by atoms with E-state index in [0.29, 0.717) is 29.3 Å². The predicted molar refractivity (Wildman–Crippen MR) is 124 cm³/mol. The van der Waals surface area contributed by atoms with Gasteiger partial charge in [0.15, 0.2) is 17.4 Å². The van der Waals surface area contributed by atoms with E-state index in [1.165, 1.54) is 12.1 Å². The average molecular weight is 437 g/mol. The Labute approximate surface area is 189 Å². The van der Waals surface area contributed by atoms with Crippen LogP contribution in [-0.2, 0) is 6.54 Å². The summed E-state index contributed by atoms with van der Waals surface area (Å²) in [6.07, 6.45) is 0. The quantitative estimate of drug-likeness (QED) is 0.190. The van der Waals surface area contributed by atoms with Gasteiger partial charge in [0, 0.05) is 29.8 Å². The number of carbonyl (C=O) groups is 1. The molecule has 33 heavy (non-hydrogen) atoms. The number of rotatable bonds is 6. The van der Waals surface area contributed by atoms with Crippen LogP contribution in [0.25, 0.3) is 22.6 Å². The van der Waals surface area contributed by atoms with Crippen LogP contribution in [0.5, 0.6) is 0 Å². The molecule has 2 heterocycles. The first-order valence-electron chi connectivity index (χ1n) is 10.4. The summed E-state index contributed by atoms with van der Waals surface area (Å²) in [7, 11) is 0. The molecule has 0 atom stereocenters. The van der Waals surface area contributed by atoms with Crippen molar-refractivity contribution in [3.63, 3.8) is 0 Å². The van der Waals surface area contributed by atoms with Crippen LogP contribution in [0.4, 0.5) is 5.69 Å². The number of nitro groups is 1. The summed E-state index contributed by atoms with van der Waals surface area (Å²) in [5.41, 5.74) is 3.57. The SMILES string of the molecule is Cc1ccc(-c2nc3ccc(C(=O)c4ccccc4)cc3n2Cc2ccc([N+](=O)[O-])cc2)o1. The number of ketones is 1. The molecule has 7 nitrogen and oxygen atoms in total. The number of furan rings is 1. The van der Waals surface area contributed by atoms with Crippen molar-refractivity contribution in [3.05, 3.63) is 117 Å². The zero-order valence-electron chi connectivity index (χ0n) is 17.8. The molecule has 5 rings (SSSR count). The number of benzene rings is 3. The summed E-state index contributed by atoms with van der Waals surface area (Å²) in [4.78, 5) is 28.4. The van der Waals surface area contributed by atoms with E-state index in [9.17, 15) is 14.9 Å². The summed E-state index contributed by atoms with van der Waals surface area (Å²) in [6.45, 7) is 2.27. The lowest BCUT2D eigenvalue weighted by Crippen LogP contribution is -2.04. The number of aromatic nitrogens is 2. The summed E-state index contributed by atoms with van der Waals surface area (Å²) >= 11 is 0. The Balaban J connectivity index is 1.63. The molecule has 162 valence electrons. The molecule has 7 heteroatoms. The van der Waals surface area contributed by atoms with E-state index in [4.69, 9.17) is 9.40 Å². The molecular formula is C26H19N3O4. The maximum Gasteiger partial charge on any atom is 0.269 e. The number of imidazole rings is 1. The number of fused-ring (bicyclic) bond motifs is 1. The maximum atomic E-state index is 13.0. The number of non-ortho nitro benzene ring substituents is 1. The smallest absolute Gasteiger partial charge is 0.269 e. The Kier molecular flexibility index (Phi) is 5.06. The number of nitro benzene ring substituents is 1. The second-order valence-electron chi connectivity index (χ2n) is 7.75. The minimum absolute atomic E-state index is 0.0341. The molecule has 5 aromatic rings. The van der Waals surface area contributed by atoms with Crippen molar-refractivity contribution in [1.29, 1.82) is 0 Å². The van der Waals surface area contributed by atoms with Gasteiger partial charge in [-0.3, -0.25) is 14.9 Å². The molecule has 2 aromatic heterocycles. The predicted octanol–water partition coefficient (Wildman–Crippen LogP) is 5.79. The fraction of sp³-hybridized carbons (Fsp3) is 0.0769. The molecule has 0 aliphatic carbocycles. The minimum atomic E-state index is -0.422. The van der Waals surface area contributed by atoms with Crippen LogP contribution in [0.3, 0.4) is 0 Å². The van der Waals surface area contributed by atoms with Gasteiger partial charge in [0.25, 0.3) is 5.69 Å². The molecule has 3 aromatic carbocycles. The summed E-state index contributed by atoms with van der Waals surface area (Å²) in [5.74, 6) is 1.93. The minimum Gasteiger partial charge on any atom is -0.458 e. The fourth-order valence-electron chi connectivity index (χ4n) is 3.83. The van der Waals surface area contributed by atoms with Crippen molar-refractivity contribution >= 4 is 22.5 Å². The van der Waals surface area contributed by atoms with Crippen molar-refractivity contribution < 1.29 is 14.1 Å². The molecule has 0 aliphatic rings. The van der Waals surface area contributed by atoms with Gasteiger partial charge in [0.05, 0.1) is 16.0 Å². The monoisotopic (exact) mass is 437 g/mol. The van der Waals surface area contributed by atoms with E-state index in [1.807, 2.05) is 54.0 Å². The van der Waals surface area contributed by atoms with Crippen LogP contribution in [0.15, 0.2) is 89.3 Å². The lowest BCUT2D eigenvalue weighted by atomic mass is 10.0. The third-order valence-corrected chi connectivity index (χ3v) is 5.49. The van der Waals surface area contributed by atoms with Crippen LogP contribution in [0.2, 0.25) is 0 Å². The van der Waals surface area contributed by atoms with Crippen LogP contribution in [0.1, 0.15) is 27.2 Å². The van der Waals surface area contributed by atoms with Crippen LogP contribution >= 0.6 is 0 Å². The van der Waals surface area contributed by atoms with Gasteiger partial charge in [-0.25, -0.2) is 4.98 Å². The molecule has 0 radical (unpaired) electrons. The molecule has 0 fully saturated rings. The highest BCUT2D eigenvalue weighted by molar-refractivity contribution is 6.10. The first-order chi connectivity index (χ1) is 16.0. The van der Waals surface area contributed by atoms with Gasteiger partial charge < -0.3 is 8.98 Å². The average Bonchev–Trinajstić information content (AvgIpc) is 3.42. The van der Waals surface area contributed by atoms with Crippen molar-refractivity contribution in [1.82, 2.24) is 9.55 Å². The molecule has 0 amide bonds. The molecule has 0 bridgehead atoms. The van der Waals surface area contributed by atoms with Gasteiger partial charge in [-0.05, 0) is 42.8 Å². The van der Waals surface area contributed by atoms with Crippen molar-refractivity contribution in [2.75, 3.05) is 0 Å². The Bertz CT molecular complexity index is 1480. The summed E-state index contributed by atoms with van der Waals surface area (Å²) < 4.78 is 7.80. The molecular weight excluding hydrogens is 418 g/mol. The zero-order chi connectivity index (χ0) is 22.9. The second-order valence-corrected chi connectivity index (χ2v) is 7.75. The van der Waals surface area contributed by atoms with Crippen LogP contribution in [-0.4, -0.2) is 20.3 Å². The van der Waals surface area contributed by atoms with Gasteiger partial charge in [-0.1, -0.05) is 42.5 Å². The highest BCUT2D eigenvalue weighted by Crippen LogP contribution is 2.29. The number of carbonyl (C=O) groups excluding carboxylic acids is 1. The van der Waals surface area contributed by atoms with Crippen LogP contribution < -0.4 is 0 Å². The largest absolute Gasteiger partial charge is 0.458 e. The first kappa shape index (κ1) is 20.4. The van der Waals surface area contributed by atoms with Gasteiger partial charge in [-0.2, -0.15) is 0 Å². The molecule has 0 unspecified atom stereocenters. The van der Waals surface area contributed by atoms with Crippen molar-refractivity contribution in [2.45, 2.75) is 13.5 Å². The van der Waals surface area contributed by atoms with Gasteiger partial charge in [-0.15, -0.1) is 0 Å². The Morgan fingerprint density at radius 1 is 0.970 bits per heavy atom. The van der Waals surface area contributed by atoms with Gasteiger partial charge >= 0.3 is 0 Å². The maximum absolute atomic E-state index is 13.0. The lowest BCUT2D eigenvalue weighted by molar-refractivity contribution is -0.384. The third-order valence-electron chi connectivity index (χ3n) is 5.49. The number of nitrogens with zero attached hydrogens (tertiary/aromatic N) is 3. The highest BCUT2D eigenvalue weighted by Gasteiger charge is 2.18. The lowest BCUT2D eigenvalue weighted by Gasteiger charge is -2.09. The van der Waals surface area contributed by atoms with Crippen LogP contribution in [0, 0.1) is 17.0 Å². The number of aryl methyl sites for hydroxylation is 1. The topological polar surface area (TPSA) is 91.2 Å². The van der Waals surface area contributed by atoms with Gasteiger partial charge in [0.2, 0.25) is 0 Å². The standard InChI is InChI=1S/C26H19N3O4/c1-17-7-14-24(33-17)26-27-22-13-10-20(25(30)19-5-3-2-4-6-19)15-23(22)28(26)16-18-8-11-21(12-9-18)29(31)32/h2-15H,16H2,1H3. The van der Waals surface area contributed by atoms with Gasteiger partial charge in [0.1, 0.15) is 5.76 Å². The Morgan fingerprint density at radius 2 is 1.73 bits per heavy atom. The zero-order valence-corrected chi connectivity index (χ0v) is 17.8. The molecule has 0 spiro atoms. The summed E-state index contributed by atoms with van der Waals surface area (Å²) in [6, 6.07) is 24.7. The van der Waals surface area contributed by atoms with Crippen molar-refractivity contribution in [3.8, 4) is 11.6 Å². The number of hydrogen-bond acceptors (Lipinski definition) is 5. The van der Waals surface area contributed by atoms with E-state index in [2.05, 4.69) is 0 Å². The second kappa shape index (κ2) is 8.20. The highest BCUT2D eigenvalue weighted by atomic mass is 16.6.